The van der Waals surface area contributed by atoms with Crippen LogP contribution in [0.1, 0.15) is 19.8 Å². The minimum absolute atomic E-state index is 0.0572. The molecule has 0 bridgehead atoms. The van der Waals surface area contributed by atoms with Crippen LogP contribution in [-0.2, 0) is 9.59 Å². The summed E-state index contributed by atoms with van der Waals surface area (Å²) in [5.74, 6) is -1.24. The van der Waals surface area contributed by atoms with Crippen LogP contribution in [0, 0.1) is 5.92 Å². The Morgan fingerprint density at radius 2 is 2.36 bits per heavy atom. The summed E-state index contributed by atoms with van der Waals surface area (Å²) in [6.07, 6.45) is 0.666. The van der Waals surface area contributed by atoms with E-state index in [2.05, 4.69) is 0 Å². The van der Waals surface area contributed by atoms with E-state index in [-0.39, 0.29) is 24.9 Å². The molecule has 5 nitrogen and oxygen atoms in total. The lowest BCUT2D eigenvalue weighted by Crippen LogP contribution is -2.41. The van der Waals surface area contributed by atoms with Crippen molar-refractivity contribution in [1.82, 2.24) is 4.90 Å². The maximum absolute atomic E-state index is 11.4. The molecule has 0 aromatic carbocycles. The number of hydrogen-bond acceptors (Lipinski definition) is 3. The summed E-state index contributed by atoms with van der Waals surface area (Å²) < 4.78 is 0. The highest BCUT2D eigenvalue weighted by Crippen LogP contribution is 2.20. The van der Waals surface area contributed by atoms with Crippen molar-refractivity contribution in [3.63, 3.8) is 0 Å². The van der Waals surface area contributed by atoms with Crippen LogP contribution in [0.3, 0.4) is 0 Å². The highest BCUT2D eigenvalue weighted by atomic mass is 16.4. The summed E-state index contributed by atoms with van der Waals surface area (Å²) in [6, 6.07) is -0.737. The fraction of sp³-hybridized carbons (Fsp3) is 0.778. The second-order valence-corrected chi connectivity index (χ2v) is 3.56. The van der Waals surface area contributed by atoms with Gasteiger partial charge in [-0.25, -0.2) is 4.79 Å². The minimum atomic E-state index is -0.973. The van der Waals surface area contributed by atoms with Crippen molar-refractivity contribution >= 4 is 11.9 Å². The predicted molar refractivity (Wildman–Crippen MR) is 48.6 cm³/mol. The molecule has 0 spiro atoms. The minimum Gasteiger partial charge on any atom is -0.480 e. The molecule has 1 fully saturated rings. The Balaban J connectivity index is 2.68. The molecule has 14 heavy (non-hydrogen) atoms. The lowest BCUT2D eigenvalue weighted by atomic mass is 10.1. The first-order valence-electron chi connectivity index (χ1n) is 4.73. The first-order valence-corrected chi connectivity index (χ1v) is 4.73. The molecular formula is C9H15NO4. The smallest absolute Gasteiger partial charge is 0.326 e. The molecule has 0 aromatic heterocycles. The molecule has 1 amide bonds. The molecule has 0 radical (unpaired) electrons. The fourth-order valence-corrected chi connectivity index (χ4v) is 1.76. The summed E-state index contributed by atoms with van der Waals surface area (Å²) >= 11 is 0. The van der Waals surface area contributed by atoms with Crippen molar-refractivity contribution in [3.05, 3.63) is 0 Å². The van der Waals surface area contributed by atoms with E-state index < -0.39 is 12.0 Å². The second kappa shape index (κ2) is 4.41. The molecule has 1 saturated heterocycles. The van der Waals surface area contributed by atoms with Crippen LogP contribution in [0.25, 0.3) is 0 Å². The fourth-order valence-electron chi connectivity index (χ4n) is 1.76. The van der Waals surface area contributed by atoms with Crippen LogP contribution in [0.4, 0.5) is 0 Å². The molecule has 2 atom stereocenters. The van der Waals surface area contributed by atoms with Crippen molar-refractivity contribution in [1.29, 1.82) is 0 Å². The summed E-state index contributed by atoms with van der Waals surface area (Å²) in [7, 11) is 0. The highest BCUT2D eigenvalue weighted by molar-refractivity contribution is 5.85. The summed E-state index contributed by atoms with van der Waals surface area (Å²) in [5, 5.41) is 17.7. The third-order valence-electron chi connectivity index (χ3n) is 2.54. The molecule has 1 heterocycles. The molecule has 5 heteroatoms. The van der Waals surface area contributed by atoms with Gasteiger partial charge in [-0.15, -0.1) is 0 Å². The molecular weight excluding hydrogens is 186 g/mol. The SMILES string of the molecule is CCC(C(=O)O)N1CC(CO)CC1=O. The lowest BCUT2D eigenvalue weighted by Gasteiger charge is -2.23. The number of carbonyl (C=O) groups is 2. The lowest BCUT2D eigenvalue weighted by molar-refractivity contribution is -0.148. The van der Waals surface area contributed by atoms with E-state index in [4.69, 9.17) is 10.2 Å². The van der Waals surface area contributed by atoms with Gasteiger partial charge in [-0.1, -0.05) is 6.92 Å². The van der Waals surface area contributed by atoms with Crippen LogP contribution < -0.4 is 0 Å². The Kier molecular flexibility index (Phi) is 3.46. The van der Waals surface area contributed by atoms with Crippen molar-refractivity contribution in [2.24, 2.45) is 5.92 Å². The van der Waals surface area contributed by atoms with Crippen LogP contribution in [0.2, 0.25) is 0 Å². The molecule has 1 aliphatic heterocycles. The van der Waals surface area contributed by atoms with E-state index in [0.29, 0.717) is 13.0 Å². The van der Waals surface area contributed by atoms with E-state index >= 15 is 0 Å². The molecule has 80 valence electrons. The molecule has 0 aliphatic carbocycles. The standard InChI is InChI=1S/C9H15NO4/c1-2-7(9(13)14)10-4-6(5-11)3-8(10)12/h6-7,11H,2-5H2,1H3,(H,13,14). The molecule has 0 saturated carbocycles. The first-order chi connectivity index (χ1) is 6.60. The predicted octanol–water partition coefficient (Wildman–Crippen LogP) is -0.310. The second-order valence-electron chi connectivity index (χ2n) is 3.56. The number of likely N-dealkylation sites (tertiary alicyclic amines) is 1. The largest absolute Gasteiger partial charge is 0.480 e. The van der Waals surface area contributed by atoms with Gasteiger partial charge in [-0.2, -0.15) is 0 Å². The number of carboxylic acid groups (broad SMARTS) is 1. The van der Waals surface area contributed by atoms with Crippen LogP contribution in [0.5, 0.6) is 0 Å². The number of carbonyl (C=O) groups excluding carboxylic acids is 1. The van der Waals surface area contributed by atoms with Crippen molar-refractivity contribution in [3.8, 4) is 0 Å². The van der Waals surface area contributed by atoms with Crippen LogP contribution in [0.15, 0.2) is 0 Å². The van der Waals surface area contributed by atoms with Gasteiger partial charge in [0.05, 0.1) is 0 Å². The maximum Gasteiger partial charge on any atom is 0.326 e. The van der Waals surface area contributed by atoms with Crippen LogP contribution >= 0.6 is 0 Å². The zero-order valence-corrected chi connectivity index (χ0v) is 8.14. The molecule has 2 unspecified atom stereocenters. The average Bonchev–Trinajstić information content (AvgIpc) is 2.48. The number of aliphatic hydroxyl groups excluding tert-OH is 1. The maximum atomic E-state index is 11.4. The molecule has 0 aromatic rings. The first kappa shape index (κ1) is 11.0. The summed E-state index contributed by atoms with van der Waals surface area (Å²) in [4.78, 5) is 23.6. The van der Waals surface area contributed by atoms with Gasteiger partial charge < -0.3 is 15.1 Å². The van der Waals surface area contributed by atoms with Gasteiger partial charge in [0.15, 0.2) is 0 Å². The quantitative estimate of drug-likeness (QED) is 0.654. The number of aliphatic carboxylic acids is 1. The summed E-state index contributed by atoms with van der Waals surface area (Å²) in [5.41, 5.74) is 0. The number of hydrogen-bond donors (Lipinski definition) is 2. The van der Waals surface area contributed by atoms with E-state index in [0.717, 1.165) is 0 Å². The third-order valence-corrected chi connectivity index (χ3v) is 2.54. The van der Waals surface area contributed by atoms with Crippen molar-refractivity contribution in [2.75, 3.05) is 13.2 Å². The molecule has 1 aliphatic rings. The summed E-state index contributed by atoms with van der Waals surface area (Å²) in [6.45, 7) is 2.04. The Morgan fingerprint density at radius 1 is 1.71 bits per heavy atom. The Morgan fingerprint density at radius 3 is 2.71 bits per heavy atom. The zero-order chi connectivity index (χ0) is 10.7. The number of nitrogens with zero attached hydrogens (tertiary/aromatic N) is 1. The Labute approximate surface area is 82.3 Å². The van der Waals surface area contributed by atoms with Gasteiger partial charge in [0.1, 0.15) is 6.04 Å². The highest BCUT2D eigenvalue weighted by Gasteiger charge is 2.36. The van der Waals surface area contributed by atoms with E-state index in [1.165, 1.54) is 4.90 Å². The number of aliphatic hydroxyl groups is 1. The molecule has 1 rings (SSSR count). The van der Waals surface area contributed by atoms with Gasteiger partial charge in [0, 0.05) is 25.5 Å². The van der Waals surface area contributed by atoms with Crippen molar-refractivity contribution < 1.29 is 19.8 Å². The van der Waals surface area contributed by atoms with E-state index in [1.807, 2.05) is 0 Å². The van der Waals surface area contributed by atoms with Crippen molar-refractivity contribution in [2.45, 2.75) is 25.8 Å². The van der Waals surface area contributed by atoms with Gasteiger partial charge >= 0.3 is 5.97 Å². The monoisotopic (exact) mass is 201 g/mol. The number of rotatable bonds is 4. The van der Waals surface area contributed by atoms with Gasteiger partial charge in [0.2, 0.25) is 5.91 Å². The average molecular weight is 201 g/mol. The third kappa shape index (κ3) is 2.04. The van der Waals surface area contributed by atoms with E-state index in [1.54, 1.807) is 6.92 Å². The van der Waals surface area contributed by atoms with Gasteiger partial charge in [-0.3, -0.25) is 4.79 Å². The van der Waals surface area contributed by atoms with Gasteiger partial charge in [0.25, 0.3) is 0 Å². The zero-order valence-electron chi connectivity index (χ0n) is 8.14. The normalized spacial score (nSPS) is 24.0. The van der Waals surface area contributed by atoms with E-state index in [9.17, 15) is 9.59 Å². The topological polar surface area (TPSA) is 77.8 Å². The van der Waals surface area contributed by atoms with Crippen LogP contribution in [-0.4, -0.2) is 46.2 Å². The van der Waals surface area contributed by atoms with Gasteiger partial charge in [-0.05, 0) is 6.42 Å². The number of carboxylic acids is 1. The number of amides is 1. The Bertz CT molecular complexity index is 241. The molecule has 2 N–H and O–H groups in total. The Hall–Kier alpha value is -1.10.